The van der Waals surface area contributed by atoms with Crippen LogP contribution in [0.5, 0.6) is 0 Å². The zero-order chi connectivity index (χ0) is 17.9. The van der Waals surface area contributed by atoms with Gasteiger partial charge in [-0.15, -0.1) is 0 Å². The third kappa shape index (κ3) is 4.89. The van der Waals surface area contributed by atoms with Crippen molar-refractivity contribution in [2.45, 2.75) is 39.8 Å². The number of aromatic nitrogens is 2. The average molecular weight is 352 g/mol. The molecule has 1 heterocycles. The van der Waals surface area contributed by atoms with Gasteiger partial charge in [-0.05, 0) is 56.5 Å². The van der Waals surface area contributed by atoms with E-state index in [9.17, 15) is 9.18 Å². The summed E-state index contributed by atoms with van der Waals surface area (Å²) in [7, 11) is 0. The van der Waals surface area contributed by atoms with Crippen molar-refractivity contribution in [3.63, 3.8) is 0 Å². The fraction of sp³-hybridized carbons (Fsp3) is 0.353. The molecule has 128 valence electrons. The van der Waals surface area contributed by atoms with Gasteiger partial charge in [-0.1, -0.05) is 12.1 Å². The molecule has 0 aliphatic rings. The van der Waals surface area contributed by atoms with Gasteiger partial charge < -0.3 is 10.1 Å². The van der Waals surface area contributed by atoms with Crippen LogP contribution in [-0.2, 0) is 11.3 Å². The third-order valence-corrected chi connectivity index (χ3v) is 3.33. The van der Waals surface area contributed by atoms with E-state index in [2.05, 4.69) is 15.3 Å². The molecule has 0 saturated heterocycles. The lowest BCUT2D eigenvalue weighted by molar-refractivity contribution is 0.0523. The Balaban J connectivity index is 2.13. The third-order valence-electron chi connectivity index (χ3n) is 3.15. The highest BCUT2D eigenvalue weighted by atomic mass is 35.5. The highest BCUT2D eigenvalue weighted by Gasteiger charge is 2.16. The van der Waals surface area contributed by atoms with E-state index in [-0.39, 0.29) is 11.0 Å². The van der Waals surface area contributed by atoms with E-state index >= 15 is 0 Å². The minimum absolute atomic E-state index is 0.0141. The monoisotopic (exact) mass is 351 g/mol. The second kappa shape index (κ2) is 7.13. The van der Waals surface area contributed by atoms with E-state index in [1.54, 1.807) is 39.0 Å². The van der Waals surface area contributed by atoms with Crippen LogP contribution in [0, 0.1) is 12.7 Å². The molecule has 0 atom stereocenters. The van der Waals surface area contributed by atoms with Gasteiger partial charge >= 0.3 is 6.09 Å². The molecule has 0 fully saturated rings. The van der Waals surface area contributed by atoms with Crippen LogP contribution in [0.25, 0.3) is 11.3 Å². The summed E-state index contributed by atoms with van der Waals surface area (Å²) < 4.78 is 19.0. The topological polar surface area (TPSA) is 64.1 Å². The predicted molar refractivity (Wildman–Crippen MR) is 90.2 cm³/mol. The molecule has 0 aliphatic heterocycles. The van der Waals surface area contributed by atoms with Crippen LogP contribution in [0.3, 0.4) is 0 Å². The number of benzene rings is 1. The molecule has 1 aromatic carbocycles. The maximum atomic E-state index is 13.8. The molecule has 0 aliphatic carbocycles. The average Bonchev–Trinajstić information content (AvgIpc) is 2.46. The van der Waals surface area contributed by atoms with Crippen LogP contribution < -0.4 is 5.32 Å². The molecule has 0 unspecified atom stereocenters. The summed E-state index contributed by atoms with van der Waals surface area (Å²) in [4.78, 5) is 19.2. The van der Waals surface area contributed by atoms with E-state index in [0.717, 1.165) is 17.3 Å². The Morgan fingerprint density at radius 3 is 2.71 bits per heavy atom. The van der Waals surface area contributed by atoms with Crippen molar-refractivity contribution < 1.29 is 13.9 Å². The number of rotatable bonds is 3. The van der Waals surface area contributed by atoms with Crippen molar-refractivity contribution in [3.05, 3.63) is 46.6 Å². The summed E-state index contributed by atoms with van der Waals surface area (Å²) in [6.07, 6.45) is 0.553. The van der Waals surface area contributed by atoms with Crippen LogP contribution in [0.2, 0.25) is 5.28 Å². The van der Waals surface area contributed by atoms with Gasteiger partial charge in [0.05, 0.1) is 6.20 Å². The molecule has 0 spiro atoms. The number of carbonyl (C=O) groups is 1. The summed E-state index contributed by atoms with van der Waals surface area (Å²) >= 11 is 5.72. The number of alkyl carbamates (subject to hydrolysis) is 1. The lowest BCUT2D eigenvalue weighted by atomic mass is 10.0. The fourth-order valence-corrected chi connectivity index (χ4v) is 2.20. The number of nitrogens with one attached hydrogen (secondary N) is 1. The minimum Gasteiger partial charge on any atom is -0.444 e. The number of halogens is 2. The number of hydrogen-bond acceptors (Lipinski definition) is 4. The molecule has 2 aromatic rings. The molecule has 0 bridgehead atoms. The Labute approximate surface area is 145 Å². The largest absolute Gasteiger partial charge is 0.444 e. The van der Waals surface area contributed by atoms with Gasteiger partial charge in [0.15, 0.2) is 5.82 Å². The Morgan fingerprint density at radius 1 is 1.38 bits per heavy atom. The maximum absolute atomic E-state index is 13.8. The van der Waals surface area contributed by atoms with Crippen molar-refractivity contribution in [3.8, 4) is 11.3 Å². The molecule has 2 rings (SSSR count). The van der Waals surface area contributed by atoms with Gasteiger partial charge in [0.2, 0.25) is 5.28 Å². The van der Waals surface area contributed by atoms with Crippen LogP contribution >= 0.6 is 11.6 Å². The van der Waals surface area contributed by atoms with Crippen molar-refractivity contribution in [2.75, 3.05) is 0 Å². The Hall–Kier alpha value is -2.21. The second-order valence-electron chi connectivity index (χ2n) is 6.33. The van der Waals surface area contributed by atoms with Crippen LogP contribution in [0.1, 0.15) is 31.9 Å². The van der Waals surface area contributed by atoms with Gasteiger partial charge in [0.25, 0.3) is 0 Å². The fourth-order valence-electron chi connectivity index (χ4n) is 2.07. The van der Waals surface area contributed by atoms with Crippen molar-refractivity contribution in [2.24, 2.45) is 0 Å². The summed E-state index contributed by atoms with van der Waals surface area (Å²) in [6, 6.07) is 5.31. The molecule has 1 aromatic heterocycles. The number of nitrogens with zero attached hydrogens (tertiary/aromatic N) is 2. The Bertz CT molecular complexity index is 760. The van der Waals surface area contributed by atoms with Crippen molar-refractivity contribution >= 4 is 17.7 Å². The lowest BCUT2D eigenvalue weighted by Gasteiger charge is -2.20. The summed E-state index contributed by atoms with van der Waals surface area (Å²) in [6.45, 7) is 7.58. The Morgan fingerprint density at radius 2 is 2.08 bits per heavy atom. The molecular weight excluding hydrogens is 333 g/mol. The molecule has 7 heteroatoms. The standard InChI is InChI=1S/C17H19ClFN3O2/c1-10-7-11(14-13(19)9-20-15(18)22-14)5-6-12(10)8-21-16(23)24-17(2,3)4/h5-7,9H,8H2,1-4H3,(H,21,23). The van der Waals surface area contributed by atoms with Gasteiger partial charge in [0, 0.05) is 12.1 Å². The number of amides is 1. The summed E-state index contributed by atoms with van der Waals surface area (Å²) in [5.41, 5.74) is 1.97. The Kier molecular flexibility index (Phi) is 5.39. The van der Waals surface area contributed by atoms with Crippen molar-refractivity contribution in [1.82, 2.24) is 15.3 Å². The SMILES string of the molecule is Cc1cc(-c2nc(Cl)ncc2F)ccc1CNC(=O)OC(C)(C)C. The summed E-state index contributed by atoms with van der Waals surface area (Å²) in [5, 5.41) is 2.68. The first-order valence-electron chi connectivity index (χ1n) is 7.40. The molecule has 1 amide bonds. The number of ether oxygens (including phenoxy) is 1. The van der Waals surface area contributed by atoms with E-state index in [0.29, 0.717) is 12.1 Å². The van der Waals surface area contributed by atoms with E-state index in [1.165, 1.54) is 0 Å². The van der Waals surface area contributed by atoms with Crippen LogP contribution in [0.15, 0.2) is 24.4 Å². The first-order valence-corrected chi connectivity index (χ1v) is 7.78. The number of aryl methyl sites for hydroxylation is 1. The zero-order valence-electron chi connectivity index (χ0n) is 14.0. The van der Waals surface area contributed by atoms with Crippen LogP contribution in [-0.4, -0.2) is 21.7 Å². The molecule has 1 N–H and O–H groups in total. The van der Waals surface area contributed by atoms with Crippen molar-refractivity contribution in [1.29, 1.82) is 0 Å². The zero-order valence-corrected chi connectivity index (χ0v) is 14.7. The molecule has 5 nitrogen and oxygen atoms in total. The molecule has 0 saturated carbocycles. The first-order chi connectivity index (χ1) is 11.2. The molecule has 0 radical (unpaired) electrons. The first kappa shape index (κ1) is 18.1. The van der Waals surface area contributed by atoms with E-state index < -0.39 is 17.5 Å². The number of hydrogen-bond donors (Lipinski definition) is 1. The maximum Gasteiger partial charge on any atom is 0.407 e. The normalized spacial score (nSPS) is 11.2. The van der Waals surface area contributed by atoms with Gasteiger partial charge in [-0.2, -0.15) is 0 Å². The smallest absolute Gasteiger partial charge is 0.407 e. The lowest BCUT2D eigenvalue weighted by Crippen LogP contribution is -2.32. The minimum atomic E-state index is -0.549. The van der Waals surface area contributed by atoms with Crippen LogP contribution in [0.4, 0.5) is 9.18 Å². The number of carbonyl (C=O) groups excluding carboxylic acids is 1. The summed E-state index contributed by atoms with van der Waals surface area (Å²) in [5.74, 6) is -0.543. The molecule has 24 heavy (non-hydrogen) atoms. The van der Waals surface area contributed by atoms with E-state index in [1.807, 2.05) is 6.92 Å². The molecular formula is C17H19ClFN3O2. The van der Waals surface area contributed by atoms with Gasteiger partial charge in [-0.3, -0.25) is 0 Å². The quantitative estimate of drug-likeness (QED) is 0.839. The highest BCUT2D eigenvalue weighted by Crippen LogP contribution is 2.24. The van der Waals surface area contributed by atoms with Gasteiger partial charge in [0.1, 0.15) is 11.3 Å². The van der Waals surface area contributed by atoms with E-state index in [4.69, 9.17) is 16.3 Å². The van der Waals surface area contributed by atoms with Gasteiger partial charge in [-0.25, -0.2) is 19.2 Å². The highest BCUT2D eigenvalue weighted by molar-refractivity contribution is 6.28. The second-order valence-corrected chi connectivity index (χ2v) is 6.67. The predicted octanol–water partition coefficient (Wildman–Crippen LogP) is 4.27.